The van der Waals surface area contributed by atoms with Gasteiger partial charge in [0.25, 0.3) is 11.8 Å². The van der Waals surface area contributed by atoms with Crippen molar-refractivity contribution in [2.45, 2.75) is 13.8 Å². The fourth-order valence-electron chi connectivity index (χ4n) is 4.80. The number of rotatable bonds is 6. The van der Waals surface area contributed by atoms with Crippen LogP contribution in [0.4, 0.5) is 15.6 Å². The molecule has 11 nitrogen and oxygen atoms in total. The molecule has 0 bridgehead atoms. The number of pyridine rings is 2. The highest BCUT2D eigenvalue weighted by Gasteiger charge is 2.33. The lowest BCUT2D eigenvalue weighted by molar-refractivity contribution is -0.117. The fourth-order valence-corrected chi connectivity index (χ4v) is 5.63. The van der Waals surface area contributed by atoms with Crippen molar-refractivity contribution in [3.8, 4) is 34.2 Å². The first-order chi connectivity index (χ1) is 20.7. The number of amides is 3. The lowest BCUT2D eigenvalue weighted by atomic mass is 9.97. The largest absolute Gasteiger partial charge is 0.496 e. The minimum atomic E-state index is -0.692. The summed E-state index contributed by atoms with van der Waals surface area (Å²) in [6, 6.07) is 17.8. The molecular formula is C31H22N6O5S. The van der Waals surface area contributed by atoms with E-state index in [0.717, 1.165) is 10.5 Å². The molecule has 4 heterocycles. The van der Waals surface area contributed by atoms with Crippen LogP contribution in [-0.2, 0) is 9.53 Å². The molecule has 0 saturated carbocycles. The van der Waals surface area contributed by atoms with E-state index in [1.165, 1.54) is 24.6 Å². The number of carbonyl (C=O) groups excluding carboxylic acids is 3. The fraction of sp³-hybridized carbons (Fsp3) is 0.129. The quantitative estimate of drug-likeness (QED) is 0.265. The number of aromatic nitrogens is 3. The van der Waals surface area contributed by atoms with Crippen molar-refractivity contribution in [3.63, 3.8) is 0 Å². The normalized spacial score (nSPS) is 12.7. The van der Waals surface area contributed by atoms with Crippen molar-refractivity contribution >= 4 is 50.4 Å². The van der Waals surface area contributed by atoms with Crippen LogP contribution in [0.25, 0.3) is 32.7 Å². The van der Waals surface area contributed by atoms with Crippen LogP contribution in [-0.4, -0.2) is 46.6 Å². The number of benzene rings is 2. The van der Waals surface area contributed by atoms with Gasteiger partial charge in [-0.15, -0.1) is 0 Å². The minimum Gasteiger partial charge on any atom is -0.496 e. The Morgan fingerprint density at radius 3 is 2.63 bits per heavy atom. The van der Waals surface area contributed by atoms with Crippen molar-refractivity contribution < 1.29 is 23.9 Å². The zero-order valence-corrected chi connectivity index (χ0v) is 24.0. The first kappa shape index (κ1) is 27.5. The second kappa shape index (κ2) is 11.0. The standard InChI is InChI=1S/C31H22N6O5S/c1-16-10-19(5-8-25(16)37-27(38)15-42-31(37)40)23-6-7-24-29(34-23)43-30(35-24)36-28(39)22-14-33-17(2)11-20(22)21-12-18(13-32)4-9-26(21)41-3/h4-12,14H,15H2,1-3H3,(H,35,36,39). The lowest BCUT2D eigenvalue weighted by Gasteiger charge is -2.14. The highest BCUT2D eigenvalue weighted by molar-refractivity contribution is 7.22. The van der Waals surface area contributed by atoms with Gasteiger partial charge in [0.05, 0.1) is 35.7 Å². The molecule has 0 aliphatic carbocycles. The van der Waals surface area contributed by atoms with Gasteiger partial charge in [-0.2, -0.15) is 5.26 Å². The topological polar surface area (TPSA) is 147 Å². The molecule has 0 radical (unpaired) electrons. The van der Waals surface area contributed by atoms with Crippen molar-refractivity contribution in [1.82, 2.24) is 15.0 Å². The summed E-state index contributed by atoms with van der Waals surface area (Å²) in [5, 5.41) is 12.6. The summed E-state index contributed by atoms with van der Waals surface area (Å²) in [6.45, 7) is 3.35. The minimum absolute atomic E-state index is 0.271. The third-order valence-electron chi connectivity index (χ3n) is 6.86. The van der Waals surface area contributed by atoms with E-state index >= 15 is 0 Å². The molecular weight excluding hydrogens is 568 g/mol. The van der Waals surface area contributed by atoms with Crippen molar-refractivity contribution in [1.29, 1.82) is 5.26 Å². The predicted octanol–water partition coefficient (Wildman–Crippen LogP) is 5.65. The SMILES string of the molecule is COc1ccc(C#N)cc1-c1cc(C)ncc1C(=O)Nc1nc2ccc(-c3ccc(N4C(=O)COC4=O)c(C)c3)nc2s1. The molecule has 0 unspecified atom stereocenters. The number of cyclic esters (lactones) is 1. The Morgan fingerprint density at radius 2 is 1.91 bits per heavy atom. The van der Waals surface area contributed by atoms with Crippen molar-refractivity contribution in [2.24, 2.45) is 0 Å². The van der Waals surface area contributed by atoms with E-state index in [0.29, 0.717) is 66.1 Å². The molecule has 0 spiro atoms. The first-order valence-electron chi connectivity index (χ1n) is 13.0. The number of nitrogens with zero attached hydrogens (tertiary/aromatic N) is 5. The molecule has 5 aromatic rings. The highest BCUT2D eigenvalue weighted by Crippen LogP contribution is 2.35. The van der Waals surface area contributed by atoms with Crippen molar-refractivity contribution in [3.05, 3.63) is 83.2 Å². The van der Waals surface area contributed by atoms with Crippen LogP contribution >= 0.6 is 11.3 Å². The van der Waals surface area contributed by atoms with Crippen LogP contribution in [0.15, 0.2) is 60.8 Å². The Hall–Kier alpha value is -5.67. The van der Waals surface area contributed by atoms with E-state index < -0.39 is 17.9 Å². The maximum atomic E-state index is 13.5. The molecule has 3 aromatic heterocycles. The number of carbonyl (C=O) groups is 3. The number of nitrogens with one attached hydrogen (secondary N) is 1. The number of nitriles is 1. The third kappa shape index (κ3) is 5.13. The Kier molecular flexibility index (Phi) is 7.01. The second-order valence-corrected chi connectivity index (χ2v) is 10.7. The summed E-state index contributed by atoms with van der Waals surface area (Å²) in [5.41, 5.74) is 5.81. The van der Waals surface area contributed by atoms with Gasteiger partial charge in [-0.1, -0.05) is 17.4 Å². The number of hydrogen-bond donors (Lipinski definition) is 1. The number of methoxy groups -OCH3 is 1. The molecule has 2 aromatic carbocycles. The van der Waals surface area contributed by atoms with E-state index in [4.69, 9.17) is 14.5 Å². The number of imide groups is 1. The number of hydrogen-bond acceptors (Lipinski definition) is 10. The van der Waals surface area contributed by atoms with Gasteiger partial charge >= 0.3 is 6.09 Å². The predicted molar refractivity (Wildman–Crippen MR) is 160 cm³/mol. The molecule has 12 heteroatoms. The Labute approximate surface area is 249 Å². The first-order valence-corrected chi connectivity index (χ1v) is 13.8. The van der Waals surface area contributed by atoms with Crippen LogP contribution in [0.2, 0.25) is 0 Å². The Morgan fingerprint density at radius 1 is 1.07 bits per heavy atom. The lowest BCUT2D eigenvalue weighted by Crippen LogP contribution is -2.29. The number of anilines is 2. The molecule has 1 aliphatic rings. The van der Waals surface area contributed by atoms with E-state index in [-0.39, 0.29) is 6.61 Å². The van der Waals surface area contributed by atoms with Gasteiger partial charge in [-0.25, -0.2) is 19.7 Å². The van der Waals surface area contributed by atoms with Gasteiger partial charge in [0.15, 0.2) is 11.7 Å². The van der Waals surface area contributed by atoms with Gasteiger partial charge in [-0.3, -0.25) is 19.9 Å². The van der Waals surface area contributed by atoms with Crippen LogP contribution in [0.3, 0.4) is 0 Å². The van der Waals surface area contributed by atoms with E-state index in [2.05, 4.69) is 21.4 Å². The summed E-state index contributed by atoms with van der Waals surface area (Å²) in [6.07, 6.45) is 0.798. The molecule has 43 heavy (non-hydrogen) atoms. The molecule has 3 amide bonds. The van der Waals surface area contributed by atoms with Gasteiger partial charge in [-0.05, 0) is 67.9 Å². The molecule has 6 rings (SSSR count). The highest BCUT2D eigenvalue weighted by atomic mass is 32.1. The smallest absolute Gasteiger partial charge is 0.421 e. The summed E-state index contributed by atoms with van der Waals surface area (Å²) in [5.74, 6) is -0.319. The molecule has 1 fully saturated rings. The zero-order chi connectivity index (χ0) is 30.2. The number of thiazole rings is 1. The second-order valence-electron chi connectivity index (χ2n) is 9.68. The van der Waals surface area contributed by atoms with E-state index in [1.54, 1.807) is 43.3 Å². The Balaban J connectivity index is 1.29. The summed E-state index contributed by atoms with van der Waals surface area (Å²) in [4.78, 5) is 52.8. The van der Waals surface area contributed by atoms with Crippen LogP contribution in [0.5, 0.6) is 5.75 Å². The maximum absolute atomic E-state index is 13.5. The van der Waals surface area contributed by atoms with Gasteiger partial charge in [0.2, 0.25) is 0 Å². The van der Waals surface area contributed by atoms with Gasteiger partial charge < -0.3 is 9.47 Å². The van der Waals surface area contributed by atoms with E-state index in [1.807, 2.05) is 25.1 Å². The molecule has 0 atom stereocenters. The van der Waals surface area contributed by atoms with Gasteiger partial charge in [0, 0.05) is 28.6 Å². The summed E-state index contributed by atoms with van der Waals surface area (Å²) < 4.78 is 10.3. The number of aryl methyl sites for hydroxylation is 2. The summed E-state index contributed by atoms with van der Waals surface area (Å²) >= 11 is 1.22. The number of ether oxygens (including phenoxy) is 2. The van der Waals surface area contributed by atoms with Crippen LogP contribution < -0.4 is 15.0 Å². The van der Waals surface area contributed by atoms with E-state index in [9.17, 15) is 19.6 Å². The maximum Gasteiger partial charge on any atom is 0.421 e. The summed E-state index contributed by atoms with van der Waals surface area (Å²) in [7, 11) is 1.53. The van der Waals surface area contributed by atoms with Crippen molar-refractivity contribution in [2.75, 3.05) is 23.9 Å². The average Bonchev–Trinajstić information content (AvgIpc) is 3.57. The van der Waals surface area contributed by atoms with Gasteiger partial charge in [0.1, 0.15) is 16.1 Å². The van der Waals surface area contributed by atoms with Crippen LogP contribution in [0, 0.1) is 25.2 Å². The monoisotopic (exact) mass is 590 g/mol. The molecule has 1 aliphatic heterocycles. The molecule has 212 valence electrons. The zero-order valence-electron chi connectivity index (χ0n) is 23.2. The molecule has 1 N–H and O–H groups in total. The Bertz CT molecular complexity index is 2000. The van der Waals surface area contributed by atoms with Crippen LogP contribution in [0.1, 0.15) is 27.2 Å². The number of fused-ring (bicyclic) bond motifs is 1. The third-order valence-corrected chi connectivity index (χ3v) is 7.75. The average molecular weight is 591 g/mol. The molecule has 1 saturated heterocycles.